The molecule has 0 saturated carbocycles. The Kier molecular flexibility index (Phi) is 5.58. The summed E-state index contributed by atoms with van der Waals surface area (Å²) in [4.78, 5) is 23.8. The van der Waals surface area contributed by atoms with Crippen LogP contribution in [0.2, 0.25) is 0 Å². The topological polar surface area (TPSA) is 67.4 Å². The van der Waals surface area contributed by atoms with Gasteiger partial charge in [0.15, 0.2) is 0 Å². The summed E-state index contributed by atoms with van der Waals surface area (Å²) in [6, 6.07) is 15.9. The second kappa shape index (κ2) is 7.64. The van der Waals surface area contributed by atoms with Crippen LogP contribution >= 0.6 is 0 Å². The van der Waals surface area contributed by atoms with E-state index in [9.17, 15) is 9.59 Å². The molecule has 0 bridgehead atoms. The summed E-state index contributed by atoms with van der Waals surface area (Å²) in [5.74, 6) is 0.168. The molecule has 2 aromatic rings. The van der Waals surface area contributed by atoms with Crippen molar-refractivity contribution in [2.45, 2.75) is 26.4 Å². The van der Waals surface area contributed by atoms with E-state index in [4.69, 9.17) is 4.74 Å². The summed E-state index contributed by atoms with van der Waals surface area (Å²) in [5, 5.41) is 5.32. The van der Waals surface area contributed by atoms with Gasteiger partial charge in [-0.05, 0) is 57.2 Å². The van der Waals surface area contributed by atoms with Crippen LogP contribution in [0.5, 0.6) is 5.75 Å². The lowest BCUT2D eigenvalue weighted by atomic mass is 10.2. The number of benzene rings is 2. The smallest absolute Gasteiger partial charge is 0.251 e. The van der Waals surface area contributed by atoms with Gasteiger partial charge in [-0.3, -0.25) is 9.59 Å². The molecule has 0 aliphatic rings. The van der Waals surface area contributed by atoms with Gasteiger partial charge in [-0.1, -0.05) is 18.2 Å². The van der Waals surface area contributed by atoms with Crippen molar-refractivity contribution in [2.75, 3.05) is 11.9 Å². The van der Waals surface area contributed by atoms with Gasteiger partial charge in [0.2, 0.25) is 5.91 Å². The third-order valence-corrected chi connectivity index (χ3v) is 3.01. The van der Waals surface area contributed by atoms with Gasteiger partial charge in [0, 0.05) is 11.3 Å². The first-order chi connectivity index (χ1) is 11.3. The van der Waals surface area contributed by atoms with E-state index in [-0.39, 0.29) is 24.0 Å². The molecule has 5 nitrogen and oxygen atoms in total. The van der Waals surface area contributed by atoms with E-state index in [0.29, 0.717) is 11.3 Å². The Labute approximate surface area is 142 Å². The zero-order valence-electron chi connectivity index (χ0n) is 14.1. The van der Waals surface area contributed by atoms with Gasteiger partial charge in [-0.2, -0.15) is 0 Å². The lowest BCUT2D eigenvalue weighted by Gasteiger charge is -2.21. The zero-order valence-corrected chi connectivity index (χ0v) is 14.1. The molecule has 0 radical (unpaired) electrons. The van der Waals surface area contributed by atoms with E-state index < -0.39 is 0 Å². The summed E-state index contributed by atoms with van der Waals surface area (Å²) in [6.45, 7) is 5.82. The molecule has 0 aliphatic heterocycles. The van der Waals surface area contributed by atoms with Gasteiger partial charge in [-0.15, -0.1) is 0 Å². The quantitative estimate of drug-likeness (QED) is 0.886. The maximum Gasteiger partial charge on any atom is 0.251 e. The van der Waals surface area contributed by atoms with Gasteiger partial charge in [0.1, 0.15) is 11.4 Å². The Balaban J connectivity index is 1.83. The minimum absolute atomic E-state index is 0.0893. The second-order valence-electron chi connectivity index (χ2n) is 6.34. The Morgan fingerprint density at radius 2 is 1.58 bits per heavy atom. The van der Waals surface area contributed by atoms with Crippen molar-refractivity contribution in [3.05, 3.63) is 60.2 Å². The molecule has 0 spiro atoms. The molecule has 0 aromatic heterocycles. The van der Waals surface area contributed by atoms with E-state index in [1.54, 1.807) is 48.5 Å². The summed E-state index contributed by atoms with van der Waals surface area (Å²) < 4.78 is 5.72. The highest BCUT2D eigenvalue weighted by Gasteiger charge is 2.12. The Morgan fingerprint density at radius 1 is 0.958 bits per heavy atom. The highest BCUT2D eigenvalue weighted by molar-refractivity contribution is 5.99. The van der Waals surface area contributed by atoms with Crippen molar-refractivity contribution >= 4 is 17.5 Å². The predicted molar refractivity (Wildman–Crippen MR) is 94.2 cm³/mol. The molecule has 0 unspecified atom stereocenters. The molecule has 0 aliphatic carbocycles. The van der Waals surface area contributed by atoms with Crippen molar-refractivity contribution in [1.29, 1.82) is 0 Å². The van der Waals surface area contributed by atoms with Crippen LogP contribution in [0.4, 0.5) is 5.69 Å². The number of ether oxygens (including phenoxy) is 1. The number of rotatable bonds is 5. The molecular weight excluding hydrogens is 304 g/mol. The summed E-state index contributed by atoms with van der Waals surface area (Å²) in [7, 11) is 0. The van der Waals surface area contributed by atoms with E-state index in [2.05, 4.69) is 10.6 Å². The largest absolute Gasteiger partial charge is 0.488 e. The van der Waals surface area contributed by atoms with Crippen molar-refractivity contribution in [3.63, 3.8) is 0 Å². The van der Waals surface area contributed by atoms with Crippen LogP contribution in [0.1, 0.15) is 31.1 Å². The minimum Gasteiger partial charge on any atom is -0.488 e. The third-order valence-electron chi connectivity index (χ3n) is 3.01. The number of hydrogen-bond acceptors (Lipinski definition) is 3. The second-order valence-corrected chi connectivity index (χ2v) is 6.34. The van der Waals surface area contributed by atoms with Crippen LogP contribution < -0.4 is 15.4 Å². The van der Waals surface area contributed by atoms with Gasteiger partial charge in [0.25, 0.3) is 5.91 Å². The Morgan fingerprint density at radius 3 is 2.17 bits per heavy atom. The number of hydrogen-bond donors (Lipinski definition) is 2. The Bertz CT molecular complexity index is 689. The third kappa shape index (κ3) is 5.76. The van der Waals surface area contributed by atoms with Crippen molar-refractivity contribution < 1.29 is 14.3 Å². The summed E-state index contributed by atoms with van der Waals surface area (Å²) in [5.41, 5.74) is 0.899. The maximum absolute atomic E-state index is 11.9. The molecule has 2 aromatic carbocycles. The van der Waals surface area contributed by atoms with Crippen LogP contribution in [-0.4, -0.2) is 24.0 Å². The van der Waals surface area contributed by atoms with Gasteiger partial charge < -0.3 is 15.4 Å². The molecule has 0 fully saturated rings. The predicted octanol–water partition coefficient (Wildman–Crippen LogP) is 3.23. The van der Waals surface area contributed by atoms with Crippen LogP contribution in [0.15, 0.2) is 54.6 Å². The fraction of sp³-hybridized carbons (Fsp3) is 0.263. The van der Waals surface area contributed by atoms with Crippen LogP contribution in [-0.2, 0) is 4.79 Å². The van der Waals surface area contributed by atoms with Crippen LogP contribution in [0, 0.1) is 0 Å². The van der Waals surface area contributed by atoms with Gasteiger partial charge in [-0.25, -0.2) is 0 Å². The molecule has 0 heterocycles. The monoisotopic (exact) mass is 326 g/mol. The van der Waals surface area contributed by atoms with E-state index in [0.717, 1.165) is 5.75 Å². The molecule has 2 amide bonds. The highest BCUT2D eigenvalue weighted by Crippen LogP contribution is 2.20. The fourth-order valence-corrected chi connectivity index (χ4v) is 2.02. The van der Waals surface area contributed by atoms with E-state index in [1.165, 1.54) is 0 Å². The van der Waals surface area contributed by atoms with Crippen LogP contribution in [0.25, 0.3) is 0 Å². The standard InChI is InChI=1S/C19H22N2O3/c1-19(2,3)24-16-11-9-15(10-12-16)21-17(22)13-20-18(23)14-7-5-4-6-8-14/h4-12H,13H2,1-3H3,(H,20,23)(H,21,22). The molecule has 2 N–H and O–H groups in total. The molecule has 0 saturated heterocycles. The molecule has 24 heavy (non-hydrogen) atoms. The number of nitrogens with one attached hydrogen (secondary N) is 2. The van der Waals surface area contributed by atoms with E-state index >= 15 is 0 Å². The first-order valence-corrected chi connectivity index (χ1v) is 7.76. The molecule has 126 valence electrons. The lowest BCUT2D eigenvalue weighted by molar-refractivity contribution is -0.115. The minimum atomic E-state index is -0.288. The Hall–Kier alpha value is -2.82. The number of amides is 2. The van der Waals surface area contributed by atoms with Gasteiger partial charge >= 0.3 is 0 Å². The normalized spacial score (nSPS) is 10.8. The number of anilines is 1. The molecule has 0 atom stereocenters. The fourth-order valence-electron chi connectivity index (χ4n) is 2.02. The summed E-state index contributed by atoms with van der Waals surface area (Å²) >= 11 is 0. The van der Waals surface area contributed by atoms with Crippen molar-refractivity contribution in [2.24, 2.45) is 0 Å². The average molecular weight is 326 g/mol. The van der Waals surface area contributed by atoms with E-state index in [1.807, 2.05) is 26.8 Å². The first-order valence-electron chi connectivity index (χ1n) is 7.76. The lowest BCUT2D eigenvalue weighted by Crippen LogP contribution is -2.32. The highest BCUT2D eigenvalue weighted by atomic mass is 16.5. The number of carbonyl (C=O) groups is 2. The molecule has 5 heteroatoms. The first kappa shape index (κ1) is 17.5. The van der Waals surface area contributed by atoms with Crippen molar-refractivity contribution in [3.8, 4) is 5.75 Å². The molecule has 2 rings (SSSR count). The maximum atomic E-state index is 11.9. The number of carbonyl (C=O) groups excluding carboxylic acids is 2. The average Bonchev–Trinajstić information content (AvgIpc) is 2.54. The molecular formula is C19H22N2O3. The summed E-state index contributed by atoms with van der Waals surface area (Å²) in [6.07, 6.45) is 0. The van der Waals surface area contributed by atoms with Crippen molar-refractivity contribution in [1.82, 2.24) is 5.32 Å². The SMILES string of the molecule is CC(C)(C)Oc1ccc(NC(=O)CNC(=O)c2ccccc2)cc1. The van der Waals surface area contributed by atoms with Gasteiger partial charge in [0.05, 0.1) is 6.54 Å². The van der Waals surface area contributed by atoms with Crippen LogP contribution in [0.3, 0.4) is 0 Å². The zero-order chi connectivity index (χ0) is 17.6.